The number of H-pyrrole nitrogens is 1. The normalized spacial score (nSPS) is 9.89. The number of hydrogen-bond acceptors (Lipinski definition) is 4. The molecule has 2 heterocycles. The van der Waals surface area contributed by atoms with Crippen LogP contribution < -0.4 is 10.9 Å². The number of carbonyl (C=O) groups excluding carboxylic acids is 1. The zero-order chi connectivity index (χ0) is 13.8. The molecule has 7 heteroatoms. The fourth-order valence-electron chi connectivity index (χ4n) is 1.44. The highest BCUT2D eigenvalue weighted by atomic mass is 16.4. The van der Waals surface area contributed by atoms with E-state index >= 15 is 0 Å². The van der Waals surface area contributed by atoms with Crippen molar-refractivity contribution in [2.24, 2.45) is 0 Å². The van der Waals surface area contributed by atoms with Crippen LogP contribution in [-0.4, -0.2) is 27.0 Å². The van der Waals surface area contributed by atoms with Crippen LogP contribution in [0, 0.1) is 0 Å². The summed E-state index contributed by atoms with van der Waals surface area (Å²) in [4.78, 5) is 40.0. The van der Waals surface area contributed by atoms with Gasteiger partial charge >= 0.3 is 5.97 Å². The maximum Gasteiger partial charge on any atom is 0.339 e. The number of aromatic nitrogens is 2. The number of pyridine rings is 2. The van der Waals surface area contributed by atoms with Gasteiger partial charge in [-0.2, -0.15) is 0 Å². The topological polar surface area (TPSA) is 112 Å². The number of amides is 1. The van der Waals surface area contributed by atoms with Gasteiger partial charge in [-0.3, -0.25) is 9.59 Å². The molecule has 0 saturated carbocycles. The molecule has 0 atom stereocenters. The van der Waals surface area contributed by atoms with E-state index in [4.69, 9.17) is 5.11 Å². The lowest BCUT2D eigenvalue weighted by Crippen LogP contribution is -2.18. The number of carboxylic acids is 1. The molecule has 19 heavy (non-hydrogen) atoms. The summed E-state index contributed by atoms with van der Waals surface area (Å²) in [5.41, 5.74) is -0.432. The van der Waals surface area contributed by atoms with Crippen molar-refractivity contribution in [3.63, 3.8) is 0 Å². The number of aromatic amines is 1. The van der Waals surface area contributed by atoms with Gasteiger partial charge < -0.3 is 15.4 Å². The van der Waals surface area contributed by atoms with Crippen LogP contribution in [0.1, 0.15) is 20.7 Å². The molecule has 96 valence electrons. The Bertz CT molecular complexity index is 693. The van der Waals surface area contributed by atoms with E-state index in [0.717, 1.165) is 6.07 Å². The molecule has 0 bridgehead atoms. The molecule has 1 amide bonds. The number of aromatic carboxylic acids is 1. The molecule has 7 nitrogen and oxygen atoms in total. The van der Waals surface area contributed by atoms with Gasteiger partial charge in [-0.05, 0) is 18.2 Å². The predicted octanol–water partition coefficient (Wildman–Crippen LogP) is 0.720. The summed E-state index contributed by atoms with van der Waals surface area (Å²) in [6, 6.07) is 5.29. The number of rotatable bonds is 3. The summed E-state index contributed by atoms with van der Waals surface area (Å²) in [5.74, 6) is -1.87. The summed E-state index contributed by atoms with van der Waals surface area (Å²) in [6.07, 6.45) is 2.69. The monoisotopic (exact) mass is 259 g/mol. The van der Waals surface area contributed by atoms with Crippen LogP contribution >= 0.6 is 0 Å². The first-order valence-corrected chi connectivity index (χ1v) is 5.26. The summed E-state index contributed by atoms with van der Waals surface area (Å²) in [7, 11) is 0. The molecule has 2 aromatic rings. The van der Waals surface area contributed by atoms with Gasteiger partial charge in [-0.1, -0.05) is 0 Å². The molecule has 0 fully saturated rings. The lowest BCUT2D eigenvalue weighted by atomic mass is 10.2. The van der Waals surface area contributed by atoms with Gasteiger partial charge in [0.05, 0.1) is 0 Å². The Balaban J connectivity index is 2.29. The fraction of sp³-hybridized carbons (Fsp3) is 0. The second kappa shape index (κ2) is 5.13. The van der Waals surface area contributed by atoms with Crippen LogP contribution in [0.5, 0.6) is 0 Å². The molecule has 0 aliphatic heterocycles. The Morgan fingerprint density at radius 1 is 1.32 bits per heavy atom. The average molecular weight is 259 g/mol. The molecule has 2 rings (SSSR count). The highest BCUT2D eigenvalue weighted by Gasteiger charge is 2.14. The number of carboxylic acid groups (broad SMARTS) is 1. The molecular formula is C12H9N3O4. The second-order valence-electron chi connectivity index (χ2n) is 3.60. The Labute approximate surface area is 106 Å². The Morgan fingerprint density at radius 3 is 2.79 bits per heavy atom. The number of hydrogen-bond donors (Lipinski definition) is 3. The predicted molar refractivity (Wildman–Crippen MR) is 66.2 cm³/mol. The van der Waals surface area contributed by atoms with E-state index in [9.17, 15) is 14.4 Å². The van der Waals surface area contributed by atoms with Crippen molar-refractivity contribution in [2.75, 3.05) is 5.32 Å². The largest absolute Gasteiger partial charge is 0.478 e. The third-order valence-electron chi connectivity index (χ3n) is 2.31. The van der Waals surface area contributed by atoms with Crippen molar-refractivity contribution in [1.82, 2.24) is 9.97 Å². The molecule has 3 N–H and O–H groups in total. The van der Waals surface area contributed by atoms with E-state index in [1.54, 1.807) is 0 Å². The van der Waals surface area contributed by atoms with Crippen LogP contribution in [0.25, 0.3) is 0 Å². The first-order valence-electron chi connectivity index (χ1n) is 5.26. The number of nitrogens with one attached hydrogen (secondary N) is 2. The number of anilines is 1. The van der Waals surface area contributed by atoms with Gasteiger partial charge in [0.25, 0.3) is 5.91 Å². The van der Waals surface area contributed by atoms with Gasteiger partial charge in [0.15, 0.2) is 0 Å². The van der Waals surface area contributed by atoms with E-state index in [2.05, 4.69) is 15.3 Å². The maximum absolute atomic E-state index is 11.8. The van der Waals surface area contributed by atoms with Crippen LogP contribution in [0.2, 0.25) is 0 Å². The first kappa shape index (κ1) is 12.5. The Morgan fingerprint density at radius 2 is 2.11 bits per heavy atom. The van der Waals surface area contributed by atoms with Gasteiger partial charge in [-0.25, -0.2) is 9.78 Å². The summed E-state index contributed by atoms with van der Waals surface area (Å²) >= 11 is 0. The highest BCUT2D eigenvalue weighted by molar-refractivity contribution is 6.06. The van der Waals surface area contributed by atoms with Crippen molar-refractivity contribution in [3.05, 3.63) is 58.1 Å². The van der Waals surface area contributed by atoms with E-state index in [-0.39, 0.29) is 16.9 Å². The molecule has 0 saturated heterocycles. The lowest BCUT2D eigenvalue weighted by Gasteiger charge is -2.06. The van der Waals surface area contributed by atoms with E-state index in [0.29, 0.717) is 0 Å². The average Bonchev–Trinajstić information content (AvgIpc) is 2.39. The summed E-state index contributed by atoms with van der Waals surface area (Å²) in [5, 5.41) is 11.3. The number of carbonyl (C=O) groups is 2. The van der Waals surface area contributed by atoms with Crippen LogP contribution in [0.4, 0.5) is 5.82 Å². The molecule has 0 unspecified atom stereocenters. The van der Waals surface area contributed by atoms with Crippen molar-refractivity contribution in [1.29, 1.82) is 0 Å². The van der Waals surface area contributed by atoms with E-state index in [1.165, 1.54) is 30.6 Å². The molecule has 0 aromatic carbocycles. The third-order valence-corrected chi connectivity index (χ3v) is 2.31. The van der Waals surface area contributed by atoms with Gasteiger partial charge in [0.2, 0.25) is 5.56 Å². The maximum atomic E-state index is 11.8. The van der Waals surface area contributed by atoms with Crippen molar-refractivity contribution in [2.45, 2.75) is 0 Å². The van der Waals surface area contributed by atoms with E-state index in [1.807, 2.05) is 0 Å². The summed E-state index contributed by atoms with van der Waals surface area (Å²) < 4.78 is 0. The minimum Gasteiger partial charge on any atom is -0.478 e. The van der Waals surface area contributed by atoms with Crippen LogP contribution in [0.3, 0.4) is 0 Å². The van der Waals surface area contributed by atoms with Crippen molar-refractivity contribution < 1.29 is 14.7 Å². The molecule has 2 aromatic heterocycles. The quantitative estimate of drug-likeness (QED) is 0.751. The van der Waals surface area contributed by atoms with Crippen LogP contribution in [-0.2, 0) is 0 Å². The minimum absolute atomic E-state index is 0.0692. The SMILES string of the molecule is O=C(Nc1ncccc1C(=O)O)c1cc[nH]c(=O)c1. The third kappa shape index (κ3) is 2.83. The van der Waals surface area contributed by atoms with Gasteiger partial charge in [-0.15, -0.1) is 0 Å². The Kier molecular flexibility index (Phi) is 3.37. The minimum atomic E-state index is -1.20. The molecule has 0 aliphatic rings. The molecule has 0 spiro atoms. The van der Waals surface area contributed by atoms with Crippen molar-refractivity contribution in [3.8, 4) is 0 Å². The molecule has 0 aliphatic carbocycles. The fourth-order valence-corrected chi connectivity index (χ4v) is 1.44. The zero-order valence-electron chi connectivity index (χ0n) is 9.58. The molecular weight excluding hydrogens is 250 g/mol. The van der Waals surface area contributed by atoms with E-state index < -0.39 is 17.4 Å². The van der Waals surface area contributed by atoms with Crippen LogP contribution in [0.15, 0.2) is 41.5 Å². The standard InChI is InChI=1S/C12H9N3O4/c16-9-6-7(3-5-13-9)11(17)15-10-8(12(18)19)2-1-4-14-10/h1-6H,(H,13,16)(H,18,19)(H,14,15,17). The second-order valence-corrected chi connectivity index (χ2v) is 3.60. The molecule has 0 radical (unpaired) electrons. The zero-order valence-corrected chi connectivity index (χ0v) is 9.58. The van der Waals surface area contributed by atoms with Gasteiger partial charge in [0.1, 0.15) is 11.4 Å². The first-order chi connectivity index (χ1) is 9.08. The smallest absolute Gasteiger partial charge is 0.339 e. The van der Waals surface area contributed by atoms with Gasteiger partial charge in [0, 0.05) is 24.0 Å². The van der Waals surface area contributed by atoms with Crippen molar-refractivity contribution >= 4 is 17.7 Å². The Hall–Kier alpha value is -2.96. The summed E-state index contributed by atoms with van der Waals surface area (Å²) in [6.45, 7) is 0. The highest BCUT2D eigenvalue weighted by Crippen LogP contribution is 2.12. The number of nitrogens with zero attached hydrogens (tertiary/aromatic N) is 1. The lowest BCUT2D eigenvalue weighted by molar-refractivity contribution is 0.0697.